The van der Waals surface area contributed by atoms with Crippen molar-refractivity contribution in [1.82, 2.24) is 5.43 Å². The topological polar surface area (TPSA) is 38.0 Å². The number of aryl methyl sites for hydroxylation is 3. The lowest BCUT2D eigenvalue weighted by atomic mass is 9.84. The molecule has 1 aromatic rings. The van der Waals surface area contributed by atoms with E-state index in [2.05, 4.69) is 59.1 Å². The van der Waals surface area contributed by atoms with Gasteiger partial charge in [0.1, 0.15) is 0 Å². The lowest BCUT2D eigenvalue weighted by molar-refractivity contribution is 0.299. The summed E-state index contributed by atoms with van der Waals surface area (Å²) >= 11 is 0. The minimum atomic E-state index is 0.338. The second-order valence-electron chi connectivity index (χ2n) is 5.96. The van der Waals surface area contributed by atoms with E-state index in [1.54, 1.807) is 0 Å². The molecule has 0 saturated carbocycles. The molecule has 0 heterocycles. The van der Waals surface area contributed by atoms with Gasteiger partial charge in [0.15, 0.2) is 0 Å². The van der Waals surface area contributed by atoms with E-state index in [4.69, 9.17) is 5.84 Å². The first-order valence-electron chi connectivity index (χ1n) is 6.89. The maximum Gasteiger partial charge on any atom is 0.0279 e. The minimum absolute atomic E-state index is 0.338. The van der Waals surface area contributed by atoms with Crippen LogP contribution in [-0.2, 0) is 6.42 Å². The van der Waals surface area contributed by atoms with Crippen molar-refractivity contribution in [3.05, 3.63) is 34.4 Å². The van der Waals surface area contributed by atoms with E-state index in [-0.39, 0.29) is 0 Å². The molecule has 0 aliphatic carbocycles. The van der Waals surface area contributed by atoms with E-state index < -0.39 is 0 Å². The van der Waals surface area contributed by atoms with Crippen molar-refractivity contribution in [1.29, 1.82) is 0 Å². The van der Waals surface area contributed by atoms with Crippen LogP contribution in [0.15, 0.2) is 12.1 Å². The fourth-order valence-electron chi connectivity index (χ4n) is 2.61. The molecule has 2 unspecified atom stereocenters. The van der Waals surface area contributed by atoms with Gasteiger partial charge < -0.3 is 0 Å². The van der Waals surface area contributed by atoms with Crippen LogP contribution in [0.3, 0.4) is 0 Å². The normalized spacial score (nSPS) is 14.9. The Balaban J connectivity index is 2.95. The summed E-state index contributed by atoms with van der Waals surface area (Å²) in [6.07, 6.45) is 1.01. The lowest BCUT2D eigenvalue weighted by Gasteiger charge is -2.27. The van der Waals surface area contributed by atoms with Crippen molar-refractivity contribution in [3.63, 3.8) is 0 Å². The summed E-state index contributed by atoms with van der Waals surface area (Å²) in [5, 5.41) is 0. The summed E-state index contributed by atoms with van der Waals surface area (Å²) in [6, 6.07) is 4.86. The predicted octanol–water partition coefficient (Wildman–Crippen LogP) is 3.28. The zero-order chi connectivity index (χ0) is 13.9. The molecule has 3 N–H and O–H groups in total. The van der Waals surface area contributed by atoms with Gasteiger partial charge in [-0.25, -0.2) is 0 Å². The number of benzene rings is 1. The zero-order valence-corrected chi connectivity index (χ0v) is 12.7. The summed E-state index contributed by atoms with van der Waals surface area (Å²) < 4.78 is 0. The molecule has 2 atom stereocenters. The van der Waals surface area contributed by atoms with Gasteiger partial charge in [-0.05, 0) is 55.7 Å². The predicted molar refractivity (Wildman–Crippen MR) is 79.5 cm³/mol. The van der Waals surface area contributed by atoms with Crippen LogP contribution in [0.4, 0.5) is 0 Å². The van der Waals surface area contributed by atoms with Gasteiger partial charge >= 0.3 is 0 Å². The summed E-state index contributed by atoms with van der Waals surface area (Å²) in [5.74, 6) is 6.94. The minimum Gasteiger partial charge on any atom is -0.271 e. The Morgan fingerprint density at radius 3 is 1.94 bits per heavy atom. The van der Waals surface area contributed by atoms with Gasteiger partial charge in [0.05, 0.1) is 0 Å². The fourth-order valence-corrected chi connectivity index (χ4v) is 2.61. The molecule has 0 bridgehead atoms. The van der Waals surface area contributed by atoms with Crippen LogP contribution in [0, 0.1) is 32.6 Å². The van der Waals surface area contributed by atoms with Crippen LogP contribution in [0.25, 0.3) is 0 Å². The summed E-state index contributed by atoms with van der Waals surface area (Å²) in [5.41, 5.74) is 8.53. The highest BCUT2D eigenvalue weighted by molar-refractivity contribution is 5.38. The van der Waals surface area contributed by atoms with Crippen molar-refractivity contribution in [2.45, 2.75) is 54.0 Å². The van der Waals surface area contributed by atoms with Gasteiger partial charge in [0.25, 0.3) is 0 Å². The molecule has 0 fully saturated rings. The standard InChI is InChI=1S/C16H28N2/c1-10(2)14(6)16(18-17)9-15-12(4)7-11(3)8-13(15)5/h7-8,10,14,16,18H,9,17H2,1-6H3. The quantitative estimate of drug-likeness (QED) is 0.620. The van der Waals surface area contributed by atoms with Crippen molar-refractivity contribution in [3.8, 4) is 0 Å². The highest BCUT2D eigenvalue weighted by atomic mass is 15.2. The third-order valence-corrected chi connectivity index (χ3v) is 4.16. The first-order valence-corrected chi connectivity index (χ1v) is 6.89. The number of hydrogen-bond acceptors (Lipinski definition) is 2. The number of rotatable bonds is 5. The summed E-state index contributed by atoms with van der Waals surface area (Å²) in [7, 11) is 0. The molecule has 18 heavy (non-hydrogen) atoms. The number of nitrogens with two attached hydrogens (primary N) is 1. The Labute approximate surface area is 112 Å². The zero-order valence-electron chi connectivity index (χ0n) is 12.7. The van der Waals surface area contributed by atoms with Crippen LogP contribution >= 0.6 is 0 Å². The van der Waals surface area contributed by atoms with Crippen LogP contribution < -0.4 is 11.3 Å². The molecule has 102 valence electrons. The van der Waals surface area contributed by atoms with E-state index in [0.29, 0.717) is 17.9 Å². The Morgan fingerprint density at radius 2 is 1.56 bits per heavy atom. The smallest absolute Gasteiger partial charge is 0.0279 e. The van der Waals surface area contributed by atoms with Crippen LogP contribution in [0.2, 0.25) is 0 Å². The van der Waals surface area contributed by atoms with Crippen LogP contribution in [-0.4, -0.2) is 6.04 Å². The average molecular weight is 248 g/mol. The lowest BCUT2D eigenvalue weighted by Crippen LogP contribution is -2.43. The molecule has 1 aromatic carbocycles. The largest absolute Gasteiger partial charge is 0.271 e. The Bertz CT molecular complexity index is 373. The van der Waals surface area contributed by atoms with Gasteiger partial charge in [-0.15, -0.1) is 0 Å². The molecule has 0 aromatic heterocycles. The number of nitrogens with one attached hydrogen (secondary N) is 1. The Hall–Kier alpha value is -0.860. The van der Waals surface area contributed by atoms with E-state index >= 15 is 0 Å². The monoisotopic (exact) mass is 248 g/mol. The van der Waals surface area contributed by atoms with E-state index in [0.717, 1.165) is 6.42 Å². The maximum absolute atomic E-state index is 5.74. The molecule has 2 nitrogen and oxygen atoms in total. The van der Waals surface area contributed by atoms with Crippen molar-refractivity contribution < 1.29 is 0 Å². The molecular weight excluding hydrogens is 220 g/mol. The number of hydrazine groups is 1. The molecule has 0 aliphatic rings. The highest BCUT2D eigenvalue weighted by Crippen LogP contribution is 2.22. The first-order chi connectivity index (χ1) is 8.36. The van der Waals surface area contributed by atoms with E-state index in [9.17, 15) is 0 Å². The molecule has 1 rings (SSSR count). The highest BCUT2D eigenvalue weighted by Gasteiger charge is 2.20. The molecule has 0 spiro atoms. The van der Waals surface area contributed by atoms with Crippen molar-refractivity contribution in [2.75, 3.05) is 0 Å². The molecule has 0 saturated heterocycles. The van der Waals surface area contributed by atoms with Gasteiger partial charge in [-0.3, -0.25) is 11.3 Å². The summed E-state index contributed by atoms with van der Waals surface area (Å²) in [6.45, 7) is 13.3. The van der Waals surface area contributed by atoms with E-state index in [1.165, 1.54) is 22.3 Å². The van der Waals surface area contributed by atoms with Crippen molar-refractivity contribution >= 4 is 0 Å². The molecule has 0 aliphatic heterocycles. The number of hydrogen-bond donors (Lipinski definition) is 2. The third-order valence-electron chi connectivity index (χ3n) is 4.16. The molecule has 0 radical (unpaired) electrons. The third kappa shape index (κ3) is 3.56. The summed E-state index contributed by atoms with van der Waals surface area (Å²) in [4.78, 5) is 0. The Morgan fingerprint density at radius 1 is 1.06 bits per heavy atom. The van der Waals surface area contributed by atoms with Crippen LogP contribution in [0.5, 0.6) is 0 Å². The second-order valence-corrected chi connectivity index (χ2v) is 5.96. The van der Waals surface area contributed by atoms with E-state index in [1.807, 2.05) is 0 Å². The SMILES string of the molecule is Cc1cc(C)c(CC(NN)C(C)C(C)C)c(C)c1. The van der Waals surface area contributed by atoms with Gasteiger partial charge in [-0.1, -0.05) is 38.5 Å². The molecule has 2 heteroatoms. The molecule has 0 amide bonds. The van der Waals surface area contributed by atoms with Gasteiger partial charge in [0, 0.05) is 6.04 Å². The fraction of sp³-hybridized carbons (Fsp3) is 0.625. The average Bonchev–Trinajstić information content (AvgIpc) is 2.27. The Kier molecular flexibility index (Phi) is 5.36. The molecular formula is C16H28N2. The van der Waals surface area contributed by atoms with Crippen LogP contribution in [0.1, 0.15) is 43.0 Å². The van der Waals surface area contributed by atoms with Gasteiger partial charge in [-0.2, -0.15) is 0 Å². The first kappa shape index (κ1) is 15.2. The second kappa shape index (κ2) is 6.35. The van der Waals surface area contributed by atoms with Gasteiger partial charge in [0.2, 0.25) is 0 Å². The maximum atomic E-state index is 5.74. The van der Waals surface area contributed by atoms with Crippen molar-refractivity contribution in [2.24, 2.45) is 17.7 Å².